The second kappa shape index (κ2) is 4.84. The van der Waals surface area contributed by atoms with Gasteiger partial charge < -0.3 is 15.9 Å². The summed E-state index contributed by atoms with van der Waals surface area (Å²) in [6.45, 7) is 0.102. The first-order valence-corrected chi connectivity index (χ1v) is 4.34. The third-order valence-corrected chi connectivity index (χ3v) is 2.08. The summed E-state index contributed by atoms with van der Waals surface area (Å²) in [5, 5.41) is 27.1. The van der Waals surface area contributed by atoms with Gasteiger partial charge in [-0.1, -0.05) is 6.07 Å². The number of nitriles is 1. The van der Waals surface area contributed by atoms with Crippen LogP contribution in [0.25, 0.3) is 0 Å². The molecule has 2 unspecified atom stereocenters. The zero-order chi connectivity index (χ0) is 11.4. The van der Waals surface area contributed by atoms with Crippen LogP contribution in [0.3, 0.4) is 0 Å². The summed E-state index contributed by atoms with van der Waals surface area (Å²) in [4.78, 5) is 0. The predicted octanol–water partition coefficient (Wildman–Crippen LogP) is 0.202. The van der Waals surface area contributed by atoms with E-state index in [-0.39, 0.29) is 12.1 Å². The number of nitrogens with two attached hydrogens (primary N) is 1. The maximum atomic E-state index is 12.9. The standard InChI is InChI=1S/C10H11FN2O2/c11-7-2-1-6(4-12)8(3-7)10(15)9(14)5-13/h1-3,9-10,14-15H,4,12H2. The van der Waals surface area contributed by atoms with Crippen LogP contribution in [0.2, 0.25) is 0 Å². The zero-order valence-corrected chi connectivity index (χ0v) is 7.89. The molecule has 4 nitrogen and oxygen atoms in total. The lowest BCUT2D eigenvalue weighted by atomic mass is 9.99. The van der Waals surface area contributed by atoms with E-state index in [0.29, 0.717) is 5.56 Å². The second-order valence-corrected chi connectivity index (χ2v) is 3.07. The summed E-state index contributed by atoms with van der Waals surface area (Å²) in [6.07, 6.45) is -3.03. The molecule has 0 saturated heterocycles. The summed E-state index contributed by atoms with van der Waals surface area (Å²) in [6, 6.07) is 5.16. The van der Waals surface area contributed by atoms with Gasteiger partial charge in [-0.05, 0) is 23.3 Å². The van der Waals surface area contributed by atoms with Crippen LogP contribution in [-0.4, -0.2) is 16.3 Å². The molecule has 0 aliphatic carbocycles. The normalized spacial score (nSPS) is 14.3. The number of aliphatic hydroxyl groups excluding tert-OH is 2. The van der Waals surface area contributed by atoms with E-state index < -0.39 is 18.0 Å². The fraction of sp³-hybridized carbons (Fsp3) is 0.300. The third-order valence-electron chi connectivity index (χ3n) is 2.08. The lowest BCUT2D eigenvalue weighted by Gasteiger charge is -2.15. The molecule has 0 aliphatic heterocycles. The van der Waals surface area contributed by atoms with Gasteiger partial charge in [-0.3, -0.25) is 0 Å². The Hall–Kier alpha value is -1.48. The molecule has 1 aromatic carbocycles. The van der Waals surface area contributed by atoms with Gasteiger partial charge in [0.1, 0.15) is 11.9 Å². The fourth-order valence-corrected chi connectivity index (χ4v) is 1.27. The van der Waals surface area contributed by atoms with Crippen LogP contribution in [0.4, 0.5) is 4.39 Å². The lowest BCUT2D eigenvalue weighted by molar-refractivity contribution is 0.0520. The van der Waals surface area contributed by atoms with Crippen molar-refractivity contribution >= 4 is 0 Å². The summed E-state index contributed by atoms with van der Waals surface area (Å²) >= 11 is 0. The minimum absolute atomic E-state index is 0.102. The molecule has 0 amide bonds. The first-order chi connectivity index (χ1) is 7.10. The van der Waals surface area contributed by atoms with Crippen molar-refractivity contribution in [3.63, 3.8) is 0 Å². The smallest absolute Gasteiger partial charge is 0.170 e. The van der Waals surface area contributed by atoms with Crippen LogP contribution < -0.4 is 5.73 Å². The van der Waals surface area contributed by atoms with Gasteiger partial charge in [-0.25, -0.2) is 4.39 Å². The summed E-state index contributed by atoms with van der Waals surface area (Å²) in [7, 11) is 0. The van der Waals surface area contributed by atoms with Crippen LogP contribution in [0, 0.1) is 17.1 Å². The Labute approximate surface area is 86.4 Å². The molecule has 2 atom stereocenters. The Morgan fingerprint density at radius 1 is 1.47 bits per heavy atom. The minimum Gasteiger partial charge on any atom is -0.385 e. The Kier molecular flexibility index (Phi) is 3.74. The van der Waals surface area contributed by atoms with E-state index in [1.165, 1.54) is 18.2 Å². The molecule has 5 heteroatoms. The van der Waals surface area contributed by atoms with Gasteiger partial charge in [0.15, 0.2) is 6.10 Å². The average Bonchev–Trinajstić information content (AvgIpc) is 2.27. The van der Waals surface area contributed by atoms with Gasteiger partial charge >= 0.3 is 0 Å². The summed E-state index contributed by atoms with van der Waals surface area (Å²) in [5.41, 5.74) is 6.03. The van der Waals surface area contributed by atoms with Crippen molar-refractivity contribution in [3.05, 3.63) is 35.1 Å². The highest BCUT2D eigenvalue weighted by Crippen LogP contribution is 2.21. The fourth-order valence-electron chi connectivity index (χ4n) is 1.27. The predicted molar refractivity (Wildman–Crippen MR) is 50.9 cm³/mol. The van der Waals surface area contributed by atoms with Crippen LogP contribution in [0.1, 0.15) is 17.2 Å². The van der Waals surface area contributed by atoms with E-state index in [1.807, 2.05) is 0 Å². The van der Waals surface area contributed by atoms with Gasteiger partial charge in [0.25, 0.3) is 0 Å². The molecule has 0 bridgehead atoms. The number of rotatable bonds is 3. The molecule has 0 aliphatic rings. The number of benzene rings is 1. The number of hydrogen-bond acceptors (Lipinski definition) is 4. The molecule has 4 N–H and O–H groups in total. The molecule has 80 valence electrons. The van der Waals surface area contributed by atoms with Crippen LogP contribution in [0.15, 0.2) is 18.2 Å². The molecule has 0 radical (unpaired) electrons. The molecule has 0 spiro atoms. The Bertz CT molecular complexity index is 389. The van der Waals surface area contributed by atoms with Crippen molar-refractivity contribution < 1.29 is 14.6 Å². The maximum absolute atomic E-state index is 12.9. The van der Waals surface area contributed by atoms with Crippen molar-refractivity contribution in [1.82, 2.24) is 0 Å². The van der Waals surface area contributed by atoms with Crippen molar-refractivity contribution in [3.8, 4) is 6.07 Å². The van der Waals surface area contributed by atoms with Crippen molar-refractivity contribution in [2.75, 3.05) is 0 Å². The van der Waals surface area contributed by atoms with E-state index >= 15 is 0 Å². The minimum atomic E-state index is -1.59. The second-order valence-electron chi connectivity index (χ2n) is 3.07. The van der Waals surface area contributed by atoms with E-state index in [2.05, 4.69) is 0 Å². The highest BCUT2D eigenvalue weighted by atomic mass is 19.1. The Morgan fingerprint density at radius 2 is 2.13 bits per heavy atom. The molecular formula is C10H11FN2O2. The van der Waals surface area contributed by atoms with Crippen molar-refractivity contribution in [2.45, 2.75) is 18.8 Å². The first kappa shape index (κ1) is 11.6. The highest BCUT2D eigenvalue weighted by Gasteiger charge is 2.20. The third kappa shape index (κ3) is 2.50. The molecule has 1 aromatic rings. The number of aliphatic hydroxyl groups is 2. The van der Waals surface area contributed by atoms with Crippen LogP contribution >= 0.6 is 0 Å². The first-order valence-electron chi connectivity index (χ1n) is 4.34. The topological polar surface area (TPSA) is 90.3 Å². The Morgan fingerprint density at radius 3 is 2.67 bits per heavy atom. The van der Waals surface area contributed by atoms with Crippen molar-refractivity contribution in [2.24, 2.45) is 5.73 Å². The summed E-state index contributed by atoms with van der Waals surface area (Å²) in [5.74, 6) is -0.550. The van der Waals surface area contributed by atoms with Gasteiger partial charge in [0.05, 0.1) is 6.07 Å². The molecule has 0 heterocycles. The summed E-state index contributed by atoms with van der Waals surface area (Å²) < 4.78 is 12.9. The number of hydrogen-bond donors (Lipinski definition) is 3. The molecule has 0 aromatic heterocycles. The maximum Gasteiger partial charge on any atom is 0.170 e. The van der Waals surface area contributed by atoms with Gasteiger partial charge in [0, 0.05) is 6.54 Å². The van der Waals surface area contributed by atoms with Gasteiger partial charge in [-0.2, -0.15) is 5.26 Å². The SMILES string of the molecule is N#CC(O)C(O)c1cc(F)ccc1CN. The van der Waals surface area contributed by atoms with Gasteiger partial charge in [0.2, 0.25) is 0 Å². The van der Waals surface area contributed by atoms with Gasteiger partial charge in [-0.15, -0.1) is 0 Å². The zero-order valence-electron chi connectivity index (χ0n) is 7.89. The molecular weight excluding hydrogens is 199 g/mol. The molecule has 0 saturated carbocycles. The Balaban J connectivity index is 3.12. The average molecular weight is 210 g/mol. The number of nitrogens with zero attached hydrogens (tertiary/aromatic N) is 1. The largest absolute Gasteiger partial charge is 0.385 e. The number of halogens is 1. The van der Waals surface area contributed by atoms with E-state index in [1.54, 1.807) is 0 Å². The molecule has 0 fully saturated rings. The van der Waals surface area contributed by atoms with E-state index in [4.69, 9.17) is 16.1 Å². The van der Waals surface area contributed by atoms with Crippen LogP contribution in [0.5, 0.6) is 0 Å². The quantitative estimate of drug-likeness (QED) is 0.622. The van der Waals surface area contributed by atoms with E-state index in [0.717, 1.165) is 6.07 Å². The highest BCUT2D eigenvalue weighted by molar-refractivity contribution is 5.31. The van der Waals surface area contributed by atoms with E-state index in [9.17, 15) is 9.50 Å². The monoisotopic (exact) mass is 210 g/mol. The molecule has 15 heavy (non-hydrogen) atoms. The lowest BCUT2D eigenvalue weighted by Crippen LogP contribution is -2.18. The molecule has 1 rings (SSSR count). The van der Waals surface area contributed by atoms with Crippen molar-refractivity contribution in [1.29, 1.82) is 5.26 Å². The van der Waals surface area contributed by atoms with Crippen LogP contribution in [-0.2, 0) is 6.54 Å².